The molecule has 1 aromatic rings. The number of rotatable bonds is 5. The third-order valence-corrected chi connectivity index (χ3v) is 1.99. The summed E-state index contributed by atoms with van der Waals surface area (Å²) in [4.78, 5) is 10.7. The van der Waals surface area contributed by atoms with Crippen molar-refractivity contribution in [2.24, 2.45) is 0 Å². The number of aromatic hydroxyl groups is 1. The molecule has 0 heterocycles. The number of amides is 1. The van der Waals surface area contributed by atoms with Crippen LogP contribution in [-0.4, -0.2) is 31.5 Å². The Morgan fingerprint density at radius 2 is 1.88 bits per heavy atom. The number of hydrogen-bond donors (Lipinski definition) is 2. The van der Waals surface area contributed by atoms with E-state index in [4.69, 9.17) is 14.6 Å². The molecule has 0 saturated carbocycles. The van der Waals surface area contributed by atoms with Crippen LogP contribution in [0.1, 0.15) is 5.56 Å². The quantitative estimate of drug-likeness (QED) is 0.604. The minimum absolute atomic E-state index is 0.150. The van der Waals surface area contributed by atoms with Gasteiger partial charge in [0.05, 0.1) is 0 Å². The van der Waals surface area contributed by atoms with Gasteiger partial charge in [0.2, 0.25) is 0 Å². The highest BCUT2D eigenvalue weighted by atomic mass is 16.6. The molecule has 0 bridgehead atoms. The van der Waals surface area contributed by atoms with Crippen LogP contribution in [0.2, 0.25) is 0 Å². The van der Waals surface area contributed by atoms with Crippen molar-refractivity contribution in [2.75, 3.05) is 20.3 Å². The number of hydrogen-bond acceptors (Lipinski definition) is 4. The first kappa shape index (κ1) is 12.9. The lowest BCUT2D eigenvalue weighted by Crippen LogP contribution is -2.21. The zero-order chi connectivity index (χ0) is 12.7. The van der Waals surface area contributed by atoms with E-state index in [1.165, 1.54) is 7.05 Å². The van der Waals surface area contributed by atoms with E-state index < -0.39 is 6.09 Å². The number of nitrogens with one attached hydrogen (secondary N) is 1. The summed E-state index contributed by atoms with van der Waals surface area (Å²) in [5, 5.41) is 11.4. The van der Waals surface area contributed by atoms with Crippen molar-refractivity contribution in [3.05, 3.63) is 36.4 Å². The molecule has 0 atom stereocenters. The standard InChI is InChI=1S/C12H15NO4/c1-9(10-3-5-11(14)6-4-10)16-7-8-17-12(15)13-2/h3-6,14H,1,7-8H2,2H3,(H,13,15). The molecule has 5 nitrogen and oxygen atoms in total. The van der Waals surface area contributed by atoms with Crippen molar-refractivity contribution < 1.29 is 19.4 Å². The molecule has 92 valence electrons. The summed E-state index contributed by atoms with van der Waals surface area (Å²) in [6.45, 7) is 4.11. The Balaban J connectivity index is 2.30. The molecule has 0 aliphatic rings. The van der Waals surface area contributed by atoms with Gasteiger partial charge in [-0.25, -0.2) is 4.79 Å². The Morgan fingerprint density at radius 1 is 1.29 bits per heavy atom. The summed E-state index contributed by atoms with van der Waals surface area (Å²) in [5.74, 6) is 0.648. The number of ether oxygens (including phenoxy) is 2. The zero-order valence-electron chi connectivity index (χ0n) is 9.60. The van der Waals surface area contributed by atoms with Crippen LogP contribution < -0.4 is 5.32 Å². The van der Waals surface area contributed by atoms with Gasteiger partial charge in [-0.1, -0.05) is 6.58 Å². The normalized spacial score (nSPS) is 9.47. The van der Waals surface area contributed by atoms with Gasteiger partial charge in [-0.05, 0) is 24.3 Å². The molecule has 1 rings (SSSR count). The number of benzene rings is 1. The van der Waals surface area contributed by atoms with E-state index in [-0.39, 0.29) is 19.0 Å². The summed E-state index contributed by atoms with van der Waals surface area (Å²) >= 11 is 0. The van der Waals surface area contributed by atoms with Gasteiger partial charge in [-0.3, -0.25) is 0 Å². The largest absolute Gasteiger partial charge is 0.508 e. The minimum atomic E-state index is -0.496. The molecule has 5 heteroatoms. The summed E-state index contributed by atoms with van der Waals surface area (Å²) in [6, 6.07) is 6.48. The number of alkyl carbamates (subject to hydrolysis) is 1. The highest BCUT2D eigenvalue weighted by Crippen LogP contribution is 2.17. The second-order valence-electron chi connectivity index (χ2n) is 3.20. The third kappa shape index (κ3) is 4.46. The first-order valence-electron chi connectivity index (χ1n) is 5.09. The third-order valence-electron chi connectivity index (χ3n) is 1.99. The predicted molar refractivity (Wildman–Crippen MR) is 63.5 cm³/mol. The Hall–Kier alpha value is -2.17. The van der Waals surface area contributed by atoms with Gasteiger partial charge in [-0.15, -0.1) is 0 Å². The van der Waals surface area contributed by atoms with Crippen molar-refractivity contribution in [3.8, 4) is 5.75 Å². The summed E-state index contributed by atoms with van der Waals surface area (Å²) in [7, 11) is 1.48. The fourth-order valence-electron chi connectivity index (χ4n) is 1.10. The van der Waals surface area contributed by atoms with Crippen molar-refractivity contribution in [1.29, 1.82) is 0 Å². The van der Waals surface area contributed by atoms with Crippen molar-refractivity contribution in [1.82, 2.24) is 5.32 Å². The van der Waals surface area contributed by atoms with E-state index in [9.17, 15) is 4.79 Å². The smallest absolute Gasteiger partial charge is 0.406 e. The maximum atomic E-state index is 10.7. The average Bonchev–Trinajstić information content (AvgIpc) is 2.34. The highest BCUT2D eigenvalue weighted by molar-refractivity contribution is 5.66. The average molecular weight is 237 g/mol. The lowest BCUT2D eigenvalue weighted by Gasteiger charge is -2.09. The van der Waals surface area contributed by atoms with Crippen LogP contribution in [0.15, 0.2) is 30.8 Å². The van der Waals surface area contributed by atoms with Crippen LogP contribution >= 0.6 is 0 Å². The molecule has 0 radical (unpaired) electrons. The second-order valence-corrected chi connectivity index (χ2v) is 3.20. The molecule has 2 N–H and O–H groups in total. The predicted octanol–water partition coefficient (Wildman–Crippen LogP) is 1.74. The van der Waals surface area contributed by atoms with Gasteiger partial charge in [0.25, 0.3) is 0 Å². The van der Waals surface area contributed by atoms with Gasteiger partial charge in [0.1, 0.15) is 24.7 Å². The summed E-state index contributed by atoms with van der Waals surface area (Å²) < 4.78 is 10.0. The number of carbonyl (C=O) groups excluding carboxylic acids is 1. The molecule has 0 aliphatic heterocycles. The van der Waals surface area contributed by atoms with E-state index in [2.05, 4.69) is 11.9 Å². The van der Waals surface area contributed by atoms with Crippen LogP contribution in [0.25, 0.3) is 5.76 Å². The van der Waals surface area contributed by atoms with E-state index >= 15 is 0 Å². The van der Waals surface area contributed by atoms with Crippen LogP contribution in [0, 0.1) is 0 Å². The van der Waals surface area contributed by atoms with Crippen molar-refractivity contribution in [2.45, 2.75) is 0 Å². The SMILES string of the molecule is C=C(OCCOC(=O)NC)c1ccc(O)cc1. The highest BCUT2D eigenvalue weighted by Gasteiger charge is 2.01. The first-order valence-corrected chi connectivity index (χ1v) is 5.09. The molecule has 0 aliphatic carbocycles. The van der Waals surface area contributed by atoms with Crippen LogP contribution in [0.4, 0.5) is 4.79 Å². The minimum Gasteiger partial charge on any atom is -0.508 e. The van der Waals surface area contributed by atoms with Crippen LogP contribution in [0.5, 0.6) is 5.75 Å². The molecule has 0 fully saturated rings. The zero-order valence-corrected chi connectivity index (χ0v) is 9.60. The van der Waals surface area contributed by atoms with E-state index in [0.29, 0.717) is 5.76 Å². The number of carbonyl (C=O) groups is 1. The Bertz CT molecular complexity index is 386. The fraction of sp³-hybridized carbons (Fsp3) is 0.250. The van der Waals surface area contributed by atoms with Gasteiger partial charge >= 0.3 is 6.09 Å². The second kappa shape index (κ2) is 6.42. The Kier molecular flexibility index (Phi) is 4.87. The molecule has 1 amide bonds. The van der Waals surface area contributed by atoms with E-state index in [0.717, 1.165) is 5.56 Å². The molecular weight excluding hydrogens is 222 g/mol. The lowest BCUT2D eigenvalue weighted by molar-refractivity contribution is 0.120. The molecule has 0 spiro atoms. The monoisotopic (exact) mass is 237 g/mol. The van der Waals surface area contributed by atoms with E-state index in [1.807, 2.05) is 0 Å². The summed E-state index contributed by atoms with van der Waals surface area (Å²) in [5.41, 5.74) is 0.766. The van der Waals surface area contributed by atoms with Gasteiger partial charge in [-0.2, -0.15) is 0 Å². The van der Waals surface area contributed by atoms with Gasteiger partial charge < -0.3 is 19.9 Å². The van der Waals surface area contributed by atoms with Crippen LogP contribution in [0.3, 0.4) is 0 Å². The molecule has 17 heavy (non-hydrogen) atoms. The molecule has 0 saturated heterocycles. The fourth-order valence-corrected chi connectivity index (χ4v) is 1.10. The molecule has 1 aromatic carbocycles. The topological polar surface area (TPSA) is 67.8 Å². The van der Waals surface area contributed by atoms with Crippen molar-refractivity contribution in [3.63, 3.8) is 0 Å². The van der Waals surface area contributed by atoms with E-state index in [1.54, 1.807) is 24.3 Å². The Morgan fingerprint density at radius 3 is 2.47 bits per heavy atom. The maximum absolute atomic E-state index is 10.7. The first-order chi connectivity index (χ1) is 8.13. The maximum Gasteiger partial charge on any atom is 0.406 e. The van der Waals surface area contributed by atoms with Crippen LogP contribution in [-0.2, 0) is 9.47 Å². The van der Waals surface area contributed by atoms with Gasteiger partial charge in [0.15, 0.2) is 0 Å². The lowest BCUT2D eigenvalue weighted by atomic mass is 10.2. The van der Waals surface area contributed by atoms with Gasteiger partial charge in [0, 0.05) is 12.6 Å². The molecule has 0 unspecified atom stereocenters. The summed E-state index contributed by atoms with van der Waals surface area (Å²) in [6.07, 6.45) is -0.496. The number of phenolic OH excluding ortho intramolecular Hbond substituents is 1. The molecule has 0 aromatic heterocycles. The number of phenols is 1. The Labute approximate surface area is 99.7 Å². The molecular formula is C12H15NO4. The van der Waals surface area contributed by atoms with Crippen molar-refractivity contribution >= 4 is 11.9 Å².